The van der Waals surface area contributed by atoms with Gasteiger partial charge in [-0.1, -0.05) is 86.7 Å². The van der Waals surface area contributed by atoms with Crippen molar-refractivity contribution in [1.29, 1.82) is 0 Å². The predicted octanol–water partition coefficient (Wildman–Crippen LogP) is 5.68. The molecule has 0 N–H and O–H groups in total. The normalized spacial score (nSPS) is 30.5. The minimum Gasteiger partial charge on any atom is -0.289 e. The largest absolute Gasteiger partial charge is 0.289 e. The van der Waals surface area contributed by atoms with Crippen molar-refractivity contribution in [3.63, 3.8) is 0 Å². The van der Waals surface area contributed by atoms with Gasteiger partial charge in [0.25, 0.3) is 0 Å². The first kappa shape index (κ1) is 15.3. The molecule has 126 valence electrons. The van der Waals surface area contributed by atoms with Gasteiger partial charge in [-0.05, 0) is 34.4 Å². The Hall–Kier alpha value is -2.93. The molecular formula is C25H20O. The summed E-state index contributed by atoms with van der Waals surface area (Å²) in [7, 11) is 0. The van der Waals surface area contributed by atoms with Crippen LogP contribution in [0.5, 0.6) is 0 Å². The average Bonchev–Trinajstić information content (AvgIpc) is 2.66. The second kappa shape index (κ2) is 5.04. The number of hydrogen-bond donors (Lipinski definition) is 0. The van der Waals surface area contributed by atoms with Gasteiger partial charge in [0.2, 0.25) is 0 Å². The summed E-state index contributed by atoms with van der Waals surface area (Å²) in [5, 5.41) is 0. The zero-order chi connectivity index (χ0) is 17.9. The quantitative estimate of drug-likeness (QED) is 0.635. The van der Waals surface area contributed by atoms with Gasteiger partial charge in [0.1, 0.15) is 0 Å². The van der Waals surface area contributed by atoms with Crippen molar-refractivity contribution in [3.05, 3.63) is 118 Å². The van der Waals surface area contributed by atoms with Crippen LogP contribution in [0.25, 0.3) is 0 Å². The number of benzene rings is 1. The van der Waals surface area contributed by atoms with Gasteiger partial charge >= 0.3 is 0 Å². The van der Waals surface area contributed by atoms with E-state index in [4.69, 9.17) is 0 Å². The number of carbonyl (C=O) groups is 1. The zero-order valence-electron chi connectivity index (χ0n) is 15.0. The number of allylic oxidation sites excluding steroid dienone is 14. The minimum atomic E-state index is -0.150. The van der Waals surface area contributed by atoms with E-state index in [1.54, 1.807) is 0 Å². The monoisotopic (exact) mass is 336 g/mol. The smallest absolute Gasteiger partial charge is 0.193 e. The molecule has 0 spiro atoms. The highest BCUT2D eigenvalue weighted by molar-refractivity contribution is 6.11. The topological polar surface area (TPSA) is 17.1 Å². The number of Topliss-reactive ketones (excluding diaryl/α,β-unsaturated/α-hetero) is 1. The lowest BCUT2D eigenvalue weighted by molar-refractivity contribution is 0.103. The molecule has 1 heteroatoms. The van der Waals surface area contributed by atoms with Crippen LogP contribution in [0.15, 0.2) is 113 Å². The van der Waals surface area contributed by atoms with Gasteiger partial charge < -0.3 is 0 Å². The third-order valence-corrected chi connectivity index (χ3v) is 6.67. The molecule has 1 nitrogen and oxygen atoms in total. The molecule has 1 aromatic rings. The maximum Gasteiger partial charge on any atom is 0.193 e. The van der Waals surface area contributed by atoms with E-state index in [9.17, 15) is 4.79 Å². The lowest BCUT2D eigenvalue weighted by atomic mass is 9.46. The molecule has 2 atom stereocenters. The molecular weight excluding hydrogens is 316 g/mol. The fourth-order valence-corrected chi connectivity index (χ4v) is 4.86. The highest BCUT2D eigenvalue weighted by atomic mass is 16.1. The fourth-order valence-electron chi connectivity index (χ4n) is 4.86. The Morgan fingerprint density at radius 2 is 1.38 bits per heavy atom. The second-order valence-corrected chi connectivity index (χ2v) is 7.70. The van der Waals surface area contributed by atoms with E-state index in [-0.39, 0.29) is 16.6 Å². The van der Waals surface area contributed by atoms with Crippen molar-refractivity contribution in [3.8, 4) is 0 Å². The molecule has 26 heavy (non-hydrogen) atoms. The Balaban J connectivity index is 1.71. The maximum atomic E-state index is 13.0. The van der Waals surface area contributed by atoms with Gasteiger partial charge in [0.15, 0.2) is 5.78 Å². The summed E-state index contributed by atoms with van der Waals surface area (Å²) in [6.45, 7) is 4.64. The second-order valence-electron chi connectivity index (χ2n) is 7.70. The first-order valence-electron chi connectivity index (χ1n) is 9.08. The molecule has 2 unspecified atom stereocenters. The molecule has 1 aromatic carbocycles. The summed E-state index contributed by atoms with van der Waals surface area (Å²) in [5.41, 5.74) is 6.35. The molecule has 4 aliphatic rings. The van der Waals surface area contributed by atoms with Crippen LogP contribution in [-0.2, 0) is 0 Å². The molecule has 5 rings (SSSR count). The zero-order valence-corrected chi connectivity index (χ0v) is 15.0. The van der Waals surface area contributed by atoms with Gasteiger partial charge in [-0.3, -0.25) is 4.79 Å². The lowest BCUT2D eigenvalue weighted by Crippen LogP contribution is -2.47. The van der Waals surface area contributed by atoms with Crippen LogP contribution in [0.2, 0.25) is 0 Å². The summed E-state index contributed by atoms with van der Waals surface area (Å²) in [5.74, 6) is 0.0826. The van der Waals surface area contributed by atoms with Crippen molar-refractivity contribution in [2.24, 2.45) is 10.8 Å². The Bertz CT molecular complexity index is 1050. The molecule has 0 saturated carbocycles. The summed E-state index contributed by atoms with van der Waals surface area (Å²) >= 11 is 0. The van der Waals surface area contributed by atoms with Crippen LogP contribution in [0, 0.1) is 10.8 Å². The van der Waals surface area contributed by atoms with E-state index in [1.165, 1.54) is 22.3 Å². The van der Waals surface area contributed by atoms with E-state index >= 15 is 0 Å². The van der Waals surface area contributed by atoms with E-state index in [0.717, 1.165) is 11.1 Å². The number of carbonyl (C=O) groups excluding carboxylic acids is 1. The van der Waals surface area contributed by atoms with Crippen molar-refractivity contribution in [2.45, 2.75) is 13.8 Å². The van der Waals surface area contributed by atoms with Gasteiger partial charge in [0.05, 0.1) is 0 Å². The minimum absolute atomic E-state index is 0.0826. The molecule has 0 amide bonds. The molecule has 0 fully saturated rings. The van der Waals surface area contributed by atoms with Gasteiger partial charge in [0, 0.05) is 22.0 Å². The number of rotatable bonds is 2. The highest BCUT2D eigenvalue weighted by Crippen LogP contribution is 2.65. The van der Waals surface area contributed by atoms with Crippen molar-refractivity contribution in [1.82, 2.24) is 0 Å². The van der Waals surface area contributed by atoms with Crippen molar-refractivity contribution < 1.29 is 4.79 Å². The van der Waals surface area contributed by atoms with E-state index < -0.39 is 0 Å². The van der Waals surface area contributed by atoms with Crippen molar-refractivity contribution >= 4 is 5.78 Å². The van der Waals surface area contributed by atoms with E-state index in [1.807, 2.05) is 30.3 Å². The Morgan fingerprint density at radius 3 is 2.19 bits per heavy atom. The molecule has 0 saturated heterocycles. The van der Waals surface area contributed by atoms with E-state index in [2.05, 4.69) is 68.5 Å². The standard InChI is InChI=1S/C25H20O/c1-24-19-9-6-10-20(24)12-14-22-16-18(15-21(13-11-19)25(22,24)2)23(26)17-7-4-3-5-8-17/h3-16H,1-2H3. The van der Waals surface area contributed by atoms with Gasteiger partial charge in [-0.15, -0.1) is 0 Å². The van der Waals surface area contributed by atoms with Crippen LogP contribution in [0.1, 0.15) is 24.2 Å². The third kappa shape index (κ3) is 1.73. The Labute approximate surface area is 154 Å². The molecule has 0 aromatic heterocycles. The Morgan fingerprint density at radius 1 is 0.731 bits per heavy atom. The summed E-state index contributed by atoms with van der Waals surface area (Å²) in [4.78, 5) is 13.0. The summed E-state index contributed by atoms with van der Waals surface area (Å²) in [6.07, 6.45) is 19.5. The van der Waals surface area contributed by atoms with Gasteiger partial charge in [-0.25, -0.2) is 0 Å². The van der Waals surface area contributed by atoms with Crippen LogP contribution in [0.3, 0.4) is 0 Å². The first-order chi connectivity index (χ1) is 12.5. The average molecular weight is 336 g/mol. The fraction of sp³-hybridized carbons (Fsp3) is 0.160. The molecule has 4 aliphatic carbocycles. The van der Waals surface area contributed by atoms with Crippen LogP contribution in [-0.4, -0.2) is 5.78 Å². The number of hydrogen-bond acceptors (Lipinski definition) is 1. The maximum absolute atomic E-state index is 13.0. The number of ketones is 1. The highest BCUT2D eigenvalue weighted by Gasteiger charge is 2.55. The molecule has 0 heterocycles. The van der Waals surface area contributed by atoms with Crippen molar-refractivity contribution in [2.75, 3.05) is 0 Å². The van der Waals surface area contributed by atoms with Gasteiger partial charge in [-0.2, -0.15) is 0 Å². The summed E-state index contributed by atoms with van der Waals surface area (Å²) < 4.78 is 0. The van der Waals surface area contributed by atoms with Crippen LogP contribution in [0.4, 0.5) is 0 Å². The first-order valence-corrected chi connectivity index (χ1v) is 9.08. The summed E-state index contributed by atoms with van der Waals surface area (Å²) in [6, 6.07) is 9.53. The van der Waals surface area contributed by atoms with Crippen LogP contribution < -0.4 is 0 Å². The lowest BCUT2D eigenvalue weighted by Gasteiger charge is -2.56. The SMILES string of the molecule is CC12C3=CC=CC1=CC=C1C=C(C(=O)c4ccccc4)C=C(C=C3)C12C. The molecule has 0 aliphatic heterocycles. The molecule has 0 radical (unpaired) electrons. The molecule has 0 bridgehead atoms. The third-order valence-electron chi connectivity index (χ3n) is 6.67. The van der Waals surface area contributed by atoms with E-state index in [0.29, 0.717) is 0 Å². The van der Waals surface area contributed by atoms with Crippen LogP contribution >= 0.6 is 0 Å². The predicted molar refractivity (Wildman–Crippen MR) is 106 cm³/mol. The Kier molecular flexibility index (Phi) is 2.98.